The van der Waals surface area contributed by atoms with Crippen molar-refractivity contribution in [1.82, 2.24) is 9.80 Å². The van der Waals surface area contributed by atoms with Gasteiger partial charge >= 0.3 is 6.18 Å². The summed E-state index contributed by atoms with van der Waals surface area (Å²) in [6.07, 6.45) is -4.29. The van der Waals surface area contributed by atoms with E-state index in [0.29, 0.717) is 26.1 Å². The Hall–Kier alpha value is -1.70. The number of halogens is 5. The van der Waals surface area contributed by atoms with Crippen molar-refractivity contribution in [2.75, 3.05) is 26.2 Å². The molecule has 26 heavy (non-hydrogen) atoms. The molecule has 0 spiro atoms. The number of rotatable bonds is 3. The first-order valence-corrected chi connectivity index (χ1v) is 8.69. The fourth-order valence-electron chi connectivity index (χ4n) is 3.55. The third-order valence-electron chi connectivity index (χ3n) is 5.12. The van der Waals surface area contributed by atoms with Gasteiger partial charge in [-0.05, 0) is 30.7 Å². The van der Waals surface area contributed by atoms with E-state index < -0.39 is 17.7 Å². The van der Waals surface area contributed by atoms with Crippen molar-refractivity contribution in [2.45, 2.75) is 37.9 Å². The van der Waals surface area contributed by atoms with E-state index in [9.17, 15) is 26.7 Å². The van der Waals surface area contributed by atoms with Crippen LogP contribution in [0.3, 0.4) is 0 Å². The van der Waals surface area contributed by atoms with Crippen molar-refractivity contribution in [1.29, 1.82) is 0 Å². The van der Waals surface area contributed by atoms with Gasteiger partial charge in [-0.1, -0.05) is 12.1 Å². The highest BCUT2D eigenvalue weighted by Crippen LogP contribution is 2.31. The monoisotopic (exact) mass is 376 g/mol. The predicted octanol–water partition coefficient (Wildman–Crippen LogP) is 3.79. The average molecular weight is 376 g/mol. The molecule has 0 aliphatic carbocycles. The molecular weight excluding hydrogens is 355 g/mol. The van der Waals surface area contributed by atoms with Crippen molar-refractivity contribution >= 4 is 5.91 Å². The minimum absolute atomic E-state index is 0.0846. The molecule has 1 aromatic rings. The maximum atomic E-state index is 13.2. The third kappa shape index (κ3) is 4.52. The lowest BCUT2D eigenvalue weighted by molar-refractivity contribution is -0.141. The summed E-state index contributed by atoms with van der Waals surface area (Å²) >= 11 is 0. The zero-order chi connectivity index (χ0) is 18.9. The van der Waals surface area contributed by atoms with Gasteiger partial charge in [0.1, 0.15) is 0 Å². The molecular formula is C18H21F5N2O. The summed E-state index contributed by atoms with van der Waals surface area (Å²) in [5.41, 5.74) is 0.0707. The normalized spacial score (nSPS) is 24.0. The molecule has 2 heterocycles. The van der Waals surface area contributed by atoms with Crippen LogP contribution in [-0.4, -0.2) is 47.8 Å². The Bertz CT molecular complexity index is 634. The number of amides is 1. The molecule has 2 aliphatic heterocycles. The largest absolute Gasteiger partial charge is 0.416 e. The summed E-state index contributed by atoms with van der Waals surface area (Å²) in [5.74, 6) is -2.99. The number of likely N-dealkylation sites (tertiary alicyclic amines) is 2. The topological polar surface area (TPSA) is 23.6 Å². The molecule has 3 nitrogen and oxygen atoms in total. The highest BCUT2D eigenvalue weighted by atomic mass is 19.4. The standard InChI is InChI=1S/C18H21F5N2O/c19-17(20)6-9-25(10-7-17)16(26)14-5-8-24(12-14)11-13-1-3-15(4-2-13)18(21,22)23/h1-4,14H,5-12H2. The maximum absolute atomic E-state index is 13.2. The van der Waals surface area contributed by atoms with Crippen LogP contribution in [-0.2, 0) is 17.5 Å². The first-order chi connectivity index (χ1) is 12.1. The molecule has 3 rings (SSSR count). The molecule has 1 unspecified atom stereocenters. The van der Waals surface area contributed by atoms with Crippen LogP contribution < -0.4 is 0 Å². The summed E-state index contributed by atoms with van der Waals surface area (Å²) < 4.78 is 64.2. The van der Waals surface area contributed by atoms with Gasteiger partial charge in [0, 0.05) is 39.0 Å². The van der Waals surface area contributed by atoms with Gasteiger partial charge in [0.25, 0.3) is 5.92 Å². The van der Waals surface area contributed by atoms with Crippen LogP contribution in [0.1, 0.15) is 30.4 Å². The Balaban J connectivity index is 1.51. The highest BCUT2D eigenvalue weighted by Gasteiger charge is 2.38. The second-order valence-electron chi connectivity index (χ2n) is 7.10. The number of carbonyl (C=O) groups excluding carboxylic acids is 1. The Morgan fingerprint density at radius 1 is 1.08 bits per heavy atom. The molecule has 2 aliphatic rings. The maximum Gasteiger partial charge on any atom is 0.416 e. The van der Waals surface area contributed by atoms with E-state index in [4.69, 9.17) is 0 Å². The van der Waals surface area contributed by atoms with Crippen LogP contribution >= 0.6 is 0 Å². The van der Waals surface area contributed by atoms with Gasteiger partial charge in [0.05, 0.1) is 11.5 Å². The molecule has 0 aromatic heterocycles. The van der Waals surface area contributed by atoms with Crippen LogP contribution in [0.25, 0.3) is 0 Å². The minimum Gasteiger partial charge on any atom is -0.342 e. The number of alkyl halides is 5. The summed E-state index contributed by atoms with van der Waals surface area (Å²) in [5, 5.41) is 0. The minimum atomic E-state index is -4.35. The van der Waals surface area contributed by atoms with Crippen LogP contribution in [0.5, 0.6) is 0 Å². The zero-order valence-electron chi connectivity index (χ0n) is 14.2. The Labute approximate surface area is 148 Å². The van der Waals surface area contributed by atoms with Crippen LogP contribution in [0.2, 0.25) is 0 Å². The second-order valence-corrected chi connectivity index (χ2v) is 7.10. The first-order valence-electron chi connectivity index (χ1n) is 8.69. The van der Waals surface area contributed by atoms with E-state index in [2.05, 4.69) is 0 Å². The van der Waals surface area contributed by atoms with Crippen molar-refractivity contribution in [3.63, 3.8) is 0 Å². The highest BCUT2D eigenvalue weighted by molar-refractivity contribution is 5.79. The quantitative estimate of drug-likeness (QED) is 0.750. The van der Waals surface area contributed by atoms with Crippen LogP contribution in [0, 0.1) is 5.92 Å². The average Bonchev–Trinajstić information content (AvgIpc) is 3.02. The number of nitrogens with zero attached hydrogens (tertiary/aromatic N) is 2. The van der Waals surface area contributed by atoms with Gasteiger partial charge in [-0.2, -0.15) is 13.2 Å². The van der Waals surface area contributed by atoms with Gasteiger partial charge < -0.3 is 4.90 Å². The molecule has 0 N–H and O–H groups in total. The van der Waals surface area contributed by atoms with E-state index in [1.807, 2.05) is 4.90 Å². The van der Waals surface area contributed by atoms with E-state index >= 15 is 0 Å². The zero-order valence-corrected chi connectivity index (χ0v) is 14.2. The predicted molar refractivity (Wildman–Crippen MR) is 85.6 cm³/mol. The molecule has 1 aromatic carbocycles. The number of carbonyl (C=O) groups is 1. The lowest BCUT2D eigenvalue weighted by Crippen LogP contribution is -2.45. The van der Waals surface area contributed by atoms with Gasteiger partial charge in [0.2, 0.25) is 5.91 Å². The molecule has 0 saturated carbocycles. The number of hydrogen-bond acceptors (Lipinski definition) is 2. The van der Waals surface area contributed by atoms with Crippen molar-refractivity contribution in [2.24, 2.45) is 5.92 Å². The van der Waals surface area contributed by atoms with Gasteiger partial charge in [-0.15, -0.1) is 0 Å². The van der Waals surface area contributed by atoms with Crippen molar-refractivity contribution in [3.8, 4) is 0 Å². The summed E-state index contributed by atoms with van der Waals surface area (Å²) in [7, 11) is 0. The van der Waals surface area contributed by atoms with E-state index in [0.717, 1.165) is 17.7 Å². The van der Waals surface area contributed by atoms with E-state index in [1.54, 1.807) is 0 Å². The second kappa shape index (κ2) is 7.13. The SMILES string of the molecule is O=C(C1CCN(Cc2ccc(C(F)(F)F)cc2)C1)N1CCC(F)(F)CC1. The van der Waals surface area contributed by atoms with Crippen LogP contribution in [0.15, 0.2) is 24.3 Å². The van der Waals surface area contributed by atoms with E-state index in [1.165, 1.54) is 17.0 Å². The first kappa shape index (κ1) is 19.1. The molecule has 1 atom stereocenters. The van der Waals surface area contributed by atoms with Gasteiger partial charge in [0.15, 0.2) is 0 Å². The van der Waals surface area contributed by atoms with E-state index in [-0.39, 0.29) is 37.8 Å². The molecule has 2 fully saturated rings. The lowest BCUT2D eigenvalue weighted by atomic mass is 10.0. The third-order valence-corrected chi connectivity index (χ3v) is 5.12. The molecule has 144 valence electrons. The summed E-state index contributed by atoms with van der Waals surface area (Å²) in [6.45, 7) is 1.82. The Morgan fingerprint density at radius 3 is 2.27 bits per heavy atom. The fraction of sp³-hybridized carbons (Fsp3) is 0.611. The molecule has 1 amide bonds. The van der Waals surface area contributed by atoms with Gasteiger partial charge in [-0.25, -0.2) is 8.78 Å². The van der Waals surface area contributed by atoms with Crippen molar-refractivity contribution < 1.29 is 26.7 Å². The fourth-order valence-corrected chi connectivity index (χ4v) is 3.55. The summed E-state index contributed by atoms with van der Waals surface area (Å²) in [6, 6.07) is 5.01. The number of piperidine rings is 1. The number of benzene rings is 1. The van der Waals surface area contributed by atoms with Crippen LogP contribution in [0.4, 0.5) is 22.0 Å². The Kier molecular flexibility index (Phi) is 5.23. The number of hydrogen-bond donors (Lipinski definition) is 0. The molecule has 8 heteroatoms. The smallest absolute Gasteiger partial charge is 0.342 e. The molecule has 2 saturated heterocycles. The van der Waals surface area contributed by atoms with Crippen molar-refractivity contribution in [3.05, 3.63) is 35.4 Å². The molecule has 0 bridgehead atoms. The molecule has 0 radical (unpaired) electrons. The Morgan fingerprint density at radius 2 is 1.69 bits per heavy atom. The lowest BCUT2D eigenvalue weighted by Gasteiger charge is -2.33. The summed E-state index contributed by atoms with van der Waals surface area (Å²) in [4.78, 5) is 16.0. The van der Waals surface area contributed by atoms with Gasteiger partial charge in [-0.3, -0.25) is 9.69 Å².